The highest BCUT2D eigenvalue weighted by Gasteiger charge is 2.28. The van der Waals surface area contributed by atoms with Crippen LogP contribution in [0.3, 0.4) is 0 Å². The number of carboxylic acid groups (broad SMARTS) is 1. The highest BCUT2D eigenvalue weighted by Crippen LogP contribution is 2.25. The molecule has 0 radical (unpaired) electrons. The lowest BCUT2D eigenvalue weighted by Gasteiger charge is -2.20. The Bertz CT molecular complexity index is 524. The predicted octanol–water partition coefficient (Wildman–Crippen LogP) is 1.80. The van der Waals surface area contributed by atoms with Gasteiger partial charge in [0.15, 0.2) is 0 Å². The first-order valence-electron chi connectivity index (χ1n) is 8.04. The van der Waals surface area contributed by atoms with Gasteiger partial charge in [-0.05, 0) is 45.6 Å². The van der Waals surface area contributed by atoms with Crippen molar-refractivity contribution in [1.82, 2.24) is 14.5 Å². The lowest BCUT2D eigenvalue weighted by Crippen LogP contribution is -2.28. The minimum Gasteiger partial charge on any atom is -0.481 e. The average Bonchev–Trinajstić information content (AvgIpc) is 3.03. The van der Waals surface area contributed by atoms with Gasteiger partial charge in [0.05, 0.1) is 11.6 Å². The Morgan fingerprint density at radius 3 is 2.90 bits per heavy atom. The number of hydrogen-bond donors (Lipinski definition) is 1. The molecule has 21 heavy (non-hydrogen) atoms. The molecule has 1 fully saturated rings. The van der Waals surface area contributed by atoms with E-state index in [0.29, 0.717) is 18.5 Å². The largest absolute Gasteiger partial charge is 0.481 e. The Labute approximate surface area is 126 Å². The van der Waals surface area contributed by atoms with Crippen molar-refractivity contribution in [2.24, 2.45) is 11.8 Å². The van der Waals surface area contributed by atoms with Crippen molar-refractivity contribution in [3.05, 3.63) is 17.7 Å². The van der Waals surface area contributed by atoms with Gasteiger partial charge in [-0.2, -0.15) is 0 Å². The van der Waals surface area contributed by atoms with Gasteiger partial charge in [-0.25, -0.2) is 4.98 Å². The zero-order valence-corrected chi connectivity index (χ0v) is 13.0. The highest BCUT2D eigenvalue weighted by molar-refractivity contribution is 5.70. The lowest BCUT2D eigenvalue weighted by molar-refractivity contribution is -0.142. The number of fused-ring (bicyclic) bond motifs is 1. The normalized spacial score (nSPS) is 26.2. The SMILES string of the molecule is CC(C)N1CCC(Cc2cn3c(n2)CCC(C(=O)O)C3)C1. The van der Waals surface area contributed by atoms with E-state index in [4.69, 9.17) is 10.1 Å². The molecule has 3 rings (SSSR count). The van der Waals surface area contributed by atoms with Crippen molar-refractivity contribution in [1.29, 1.82) is 0 Å². The van der Waals surface area contributed by atoms with Gasteiger partial charge in [0, 0.05) is 31.7 Å². The van der Waals surface area contributed by atoms with Crippen LogP contribution in [-0.4, -0.2) is 44.7 Å². The van der Waals surface area contributed by atoms with E-state index in [-0.39, 0.29) is 5.92 Å². The van der Waals surface area contributed by atoms with Crippen LogP contribution in [-0.2, 0) is 24.2 Å². The van der Waals surface area contributed by atoms with E-state index in [9.17, 15) is 4.79 Å². The summed E-state index contributed by atoms with van der Waals surface area (Å²) in [7, 11) is 0. The van der Waals surface area contributed by atoms with E-state index in [1.807, 2.05) is 0 Å². The topological polar surface area (TPSA) is 58.4 Å². The Kier molecular flexibility index (Phi) is 4.02. The van der Waals surface area contributed by atoms with Crippen LogP contribution in [0.1, 0.15) is 38.2 Å². The van der Waals surface area contributed by atoms with Gasteiger partial charge < -0.3 is 14.6 Å². The lowest BCUT2D eigenvalue weighted by atomic mass is 10.00. The summed E-state index contributed by atoms with van der Waals surface area (Å²) in [6, 6.07) is 0.626. The number of aryl methyl sites for hydroxylation is 1. The Morgan fingerprint density at radius 1 is 1.43 bits per heavy atom. The van der Waals surface area contributed by atoms with Crippen molar-refractivity contribution in [2.45, 2.75) is 52.1 Å². The molecule has 2 aliphatic heterocycles. The zero-order chi connectivity index (χ0) is 15.0. The third-order valence-electron chi connectivity index (χ3n) is 4.94. The number of rotatable bonds is 4. The smallest absolute Gasteiger partial charge is 0.308 e. The quantitative estimate of drug-likeness (QED) is 0.919. The number of carboxylic acids is 1. The molecule has 2 atom stereocenters. The van der Waals surface area contributed by atoms with Gasteiger partial charge in [0.25, 0.3) is 0 Å². The molecule has 0 aromatic carbocycles. The Balaban J connectivity index is 1.62. The molecule has 1 saturated heterocycles. The number of nitrogens with zero attached hydrogens (tertiary/aromatic N) is 3. The molecular weight excluding hydrogens is 266 g/mol. The molecule has 5 nitrogen and oxygen atoms in total. The molecule has 0 aliphatic carbocycles. The highest BCUT2D eigenvalue weighted by atomic mass is 16.4. The summed E-state index contributed by atoms with van der Waals surface area (Å²) in [5.74, 6) is 0.836. The van der Waals surface area contributed by atoms with Crippen LogP contribution in [0.15, 0.2) is 6.20 Å². The summed E-state index contributed by atoms with van der Waals surface area (Å²) >= 11 is 0. The first kappa shape index (κ1) is 14.6. The predicted molar refractivity (Wildman–Crippen MR) is 80.2 cm³/mol. The molecule has 0 spiro atoms. The minimum atomic E-state index is -0.681. The van der Waals surface area contributed by atoms with E-state index >= 15 is 0 Å². The average molecular weight is 291 g/mol. The van der Waals surface area contributed by atoms with Crippen LogP contribution < -0.4 is 0 Å². The maximum Gasteiger partial charge on any atom is 0.308 e. The number of hydrogen-bond acceptors (Lipinski definition) is 3. The van der Waals surface area contributed by atoms with E-state index in [1.54, 1.807) is 0 Å². The minimum absolute atomic E-state index is 0.248. The number of imidazole rings is 1. The Morgan fingerprint density at radius 2 is 2.24 bits per heavy atom. The molecule has 1 aromatic rings. The number of likely N-dealkylation sites (tertiary alicyclic amines) is 1. The van der Waals surface area contributed by atoms with Crippen molar-refractivity contribution in [3.8, 4) is 0 Å². The van der Waals surface area contributed by atoms with Gasteiger partial charge in [0.1, 0.15) is 5.82 Å². The second kappa shape index (κ2) is 5.79. The molecule has 116 valence electrons. The van der Waals surface area contributed by atoms with E-state index in [2.05, 4.69) is 29.5 Å². The first-order chi connectivity index (χ1) is 10.0. The van der Waals surface area contributed by atoms with Crippen LogP contribution in [0.25, 0.3) is 0 Å². The van der Waals surface area contributed by atoms with Crippen molar-refractivity contribution in [2.75, 3.05) is 13.1 Å². The summed E-state index contributed by atoms with van der Waals surface area (Å²) < 4.78 is 2.06. The van der Waals surface area contributed by atoms with Crippen LogP contribution in [0.5, 0.6) is 0 Å². The molecule has 1 aromatic heterocycles. The second-order valence-corrected chi connectivity index (χ2v) is 6.82. The molecule has 0 saturated carbocycles. The number of aliphatic carboxylic acids is 1. The molecule has 2 unspecified atom stereocenters. The zero-order valence-electron chi connectivity index (χ0n) is 13.0. The summed E-state index contributed by atoms with van der Waals surface area (Å²) in [6.07, 6.45) is 5.87. The van der Waals surface area contributed by atoms with Gasteiger partial charge in [-0.1, -0.05) is 0 Å². The Hall–Kier alpha value is -1.36. The molecule has 0 bridgehead atoms. The van der Waals surface area contributed by atoms with Crippen LogP contribution in [0.2, 0.25) is 0 Å². The fourth-order valence-corrected chi connectivity index (χ4v) is 3.60. The van der Waals surface area contributed by atoms with Crippen molar-refractivity contribution in [3.63, 3.8) is 0 Å². The van der Waals surface area contributed by atoms with Crippen molar-refractivity contribution < 1.29 is 9.90 Å². The van der Waals surface area contributed by atoms with Gasteiger partial charge in [0.2, 0.25) is 0 Å². The molecule has 2 aliphatic rings. The summed E-state index contributed by atoms with van der Waals surface area (Å²) in [4.78, 5) is 18.4. The number of aromatic nitrogens is 2. The fraction of sp³-hybridized carbons (Fsp3) is 0.750. The van der Waals surface area contributed by atoms with E-state index in [1.165, 1.54) is 13.0 Å². The fourth-order valence-electron chi connectivity index (χ4n) is 3.60. The van der Waals surface area contributed by atoms with Crippen molar-refractivity contribution >= 4 is 5.97 Å². The first-order valence-corrected chi connectivity index (χ1v) is 8.04. The maximum absolute atomic E-state index is 11.1. The molecular formula is C16H25N3O2. The maximum atomic E-state index is 11.1. The molecule has 0 amide bonds. The summed E-state index contributed by atoms with van der Waals surface area (Å²) in [5.41, 5.74) is 1.15. The van der Waals surface area contributed by atoms with Gasteiger partial charge >= 0.3 is 5.97 Å². The molecule has 3 heterocycles. The third-order valence-corrected chi connectivity index (χ3v) is 4.94. The van der Waals surface area contributed by atoms with Crippen LogP contribution in [0.4, 0.5) is 0 Å². The van der Waals surface area contributed by atoms with Crippen LogP contribution >= 0.6 is 0 Å². The molecule has 1 N–H and O–H groups in total. The monoisotopic (exact) mass is 291 g/mol. The van der Waals surface area contributed by atoms with Gasteiger partial charge in [-0.3, -0.25) is 4.79 Å². The molecule has 5 heteroatoms. The standard InChI is InChI=1S/C16H25N3O2/c1-11(2)18-6-5-12(8-18)7-14-10-19-9-13(16(20)21)3-4-15(19)17-14/h10-13H,3-9H2,1-2H3,(H,20,21). The second-order valence-electron chi connectivity index (χ2n) is 6.82. The van der Waals surface area contributed by atoms with E-state index in [0.717, 1.165) is 37.3 Å². The third kappa shape index (κ3) is 3.12. The number of carbonyl (C=O) groups is 1. The summed E-state index contributed by atoms with van der Waals surface area (Å²) in [5, 5.41) is 9.14. The van der Waals surface area contributed by atoms with Crippen LogP contribution in [0, 0.1) is 11.8 Å². The van der Waals surface area contributed by atoms with Gasteiger partial charge in [-0.15, -0.1) is 0 Å². The summed E-state index contributed by atoms with van der Waals surface area (Å²) in [6.45, 7) is 7.45. The van der Waals surface area contributed by atoms with E-state index < -0.39 is 5.97 Å².